The summed E-state index contributed by atoms with van der Waals surface area (Å²) in [6.45, 7) is 9.34. The average molecular weight is 273 g/mol. The number of nitrogens with one attached hydrogen (secondary N) is 1. The molecule has 0 saturated carbocycles. The SMILES string of the molecule is CCCc1nccn1-c1ncc(CNC(C)(C)C)cn1. The van der Waals surface area contributed by atoms with Gasteiger partial charge in [-0.1, -0.05) is 6.92 Å². The predicted octanol–water partition coefficient (Wildman–Crippen LogP) is 2.50. The highest BCUT2D eigenvalue weighted by Crippen LogP contribution is 2.08. The van der Waals surface area contributed by atoms with Crippen molar-refractivity contribution in [2.24, 2.45) is 0 Å². The van der Waals surface area contributed by atoms with Gasteiger partial charge in [-0.2, -0.15) is 0 Å². The van der Waals surface area contributed by atoms with Crippen LogP contribution in [0.25, 0.3) is 5.95 Å². The Labute approximate surface area is 120 Å². The van der Waals surface area contributed by atoms with Gasteiger partial charge in [-0.25, -0.2) is 15.0 Å². The van der Waals surface area contributed by atoms with Crippen molar-refractivity contribution < 1.29 is 0 Å². The Morgan fingerprint density at radius 3 is 2.45 bits per heavy atom. The second-order valence-electron chi connectivity index (χ2n) is 5.96. The van der Waals surface area contributed by atoms with Crippen LogP contribution >= 0.6 is 0 Å². The van der Waals surface area contributed by atoms with Gasteiger partial charge in [-0.3, -0.25) is 4.57 Å². The molecule has 0 unspecified atom stereocenters. The Morgan fingerprint density at radius 1 is 1.15 bits per heavy atom. The van der Waals surface area contributed by atoms with E-state index < -0.39 is 0 Å². The highest BCUT2D eigenvalue weighted by molar-refractivity contribution is 5.17. The standard InChI is InChI=1S/C15H23N5/c1-5-6-13-16-7-8-20(13)14-17-9-12(10-18-14)11-19-15(2,3)4/h7-10,19H,5-6,11H2,1-4H3. The molecular weight excluding hydrogens is 250 g/mol. The third-order valence-corrected chi connectivity index (χ3v) is 2.92. The van der Waals surface area contributed by atoms with E-state index in [2.05, 4.69) is 48.0 Å². The summed E-state index contributed by atoms with van der Waals surface area (Å²) in [5.41, 5.74) is 1.18. The Hall–Kier alpha value is -1.75. The Balaban J connectivity index is 2.09. The van der Waals surface area contributed by atoms with Crippen molar-refractivity contribution in [2.45, 2.75) is 52.6 Å². The van der Waals surface area contributed by atoms with E-state index in [0.29, 0.717) is 5.95 Å². The molecule has 0 aromatic carbocycles. The minimum Gasteiger partial charge on any atom is -0.308 e. The van der Waals surface area contributed by atoms with Gasteiger partial charge in [0, 0.05) is 48.9 Å². The smallest absolute Gasteiger partial charge is 0.235 e. The molecule has 0 fully saturated rings. The largest absolute Gasteiger partial charge is 0.308 e. The van der Waals surface area contributed by atoms with Crippen LogP contribution in [0.5, 0.6) is 0 Å². The maximum atomic E-state index is 4.44. The van der Waals surface area contributed by atoms with Gasteiger partial charge in [0.25, 0.3) is 0 Å². The van der Waals surface area contributed by atoms with Gasteiger partial charge < -0.3 is 5.32 Å². The zero-order chi connectivity index (χ0) is 14.6. The van der Waals surface area contributed by atoms with E-state index in [9.17, 15) is 0 Å². The fraction of sp³-hybridized carbons (Fsp3) is 0.533. The minimum atomic E-state index is 0.0946. The molecule has 5 nitrogen and oxygen atoms in total. The molecular formula is C15H23N5. The molecule has 0 spiro atoms. The first-order valence-electron chi connectivity index (χ1n) is 7.08. The van der Waals surface area contributed by atoms with Crippen molar-refractivity contribution in [2.75, 3.05) is 0 Å². The van der Waals surface area contributed by atoms with Crippen molar-refractivity contribution in [3.8, 4) is 5.95 Å². The van der Waals surface area contributed by atoms with Gasteiger partial charge in [0.2, 0.25) is 5.95 Å². The molecule has 2 aromatic rings. The molecule has 0 aliphatic rings. The molecule has 0 saturated heterocycles. The number of imidazole rings is 1. The van der Waals surface area contributed by atoms with Crippen LogP contribution in [-0.2, 0) is 13.0 Å². The first-order valence-corrected chi connectivity index (χ1v) is 7.08. The van der Waals surface area contributed by atoms with Gasteiger partial charge in [-0.15, -0.1) is 0 Å². The Kier molecular flexibility index (Phi) is 4.49. The van der Waals surface area contributed by atoms with Gasteiger partial charge in [0.15, 0.2) is 0 Å². The summed E-state index contributed by atoms with van der Waals surface area (Å²) in [6.07, 6.45) is 9.44. The molecule has 0 amide bonds. The van der Waals surface area contributed by atoms with Crippen molar-refractivity contribution >= 4 is 0 Å². The number of nitrogens with zero attached hydrogens (tertiary/aromatic N) is 4. The molecule has 2 rings (SSSR count). The second-order valence-corrected chi connectivity index (χ2v) is 5.96. The summed E-state index contributed by atoms with van der Waals surface area (Å²) in [7, 11) is 0. The van der Waals surface area contributed by atoms with Crippen molar-refractivity contribution in [1.82, 2.24) is 24.8 Å². The molecule has 108 valence electrons. The third kappa shape index (κ3) is 3.87. The zero-order valence-corrected chi connectivity index (χ0v) is 12.7. The lowest BCUT2D eigenvalue weighted by Gasteiger charge is -2.20. The second kappa shape index (κ2) is 6.13. The summed E-state index contributed by atoms with van der Waals surface area (Å²) < 4.78 is 1.95. The molecule has 0 aliphatic carbocycles. The highest BCUT2D eigenvalue weighted by Gasteiger charge is 2.10. The van der Waals surface area contributed by atoms with E-state index in [1.807, 2.05) is 23.2 Å². The van der Waals surface area contributed by atoms with Crippen LogP contribution in [0.3, 0.4) is 0 Å². The van der Waals surface area contributed by atoms with E-state index in [0.717, 1.165) is 30.8 Å². The van der Waals surface area contributed by atoms with Crippen LogP contribution in [0.1, 0.15) is 45.5 Å². The fourth-order valence-corrected chi connectivity index (χ4v) is 1.86. The lowest BCUT2D eigenvalue weighted by atomic mass is 10.1. The van der Waals surface area contributed by atoms with Crippen molar-refractivity contribution in [3.05, 3.63) is 36.2 Å². The van der Waals surface area contributed by atoms with E-state index in [1.54, 1.807) is 6.20 Å². The van der Waals surface area contributed by atoms with Crippen molar-refractivity contribution in [1.29, 1.82) is 0 Å². The van der Waals surface area contributed by atoms with Gasteiger partial charge in [-0.05, 0) is 27.2 Å². The maximum Gasteiger partial charge on any atom is 0.235 e. The highest BCUT2D eigenvalue weighted by atomic mass is 15.2. The monoisotopic (exact) mass is 273 g/mol. The molecule has 2 aromatic heterocycles. The topological polar surface area (TPSA) is 55.6 Å². The molecule has 0 bridgehead atoms. The van der Waals surface area contributed by atoms with E-state index >= 15 is 0 Å². The number of hydrogen-bond donors (Lipinski definition) is 1. The van der Waals surface area contributed by atoms with Crippen molar-refractivity contribution in [3.63, 3.8) is 0 Å². The summed E-state index contributed by atoms with van der Waals surface area (Å²) in [4.78, 5) is 13.2. The van der Waals surface area contributed by atoms with Gasteiger partial charge in [0.05, 0.1) is 0 Å². The number of rotatable bonds is 5. The van der Waals surface area contributed by atoms with E-state index in [-0.39, 0.29) is 5.54 Å². The van der Waals surface area contributed by atoms with Crippen LogP contribution < -0.4 is 5.32 Å². The molecule has 0 atom stereocenters. The van der Waals surface area contributed by atoms with E-state index in [1.165, 1.54) is 0 Å². The Morgan fingerprint density at radius 2 is 1.85 bits per heavy atom. The molecule has 0 radical (unpaired) electrons. The fourth-order valence-electron chi connectivity index (χ4n) is 1.86. The lowest BCUT2D eigenvalue weighted by Crippen LogP contribution is -2.35. The lowest BCUT2D eigenvalue weighted by molar-refractivity contribution is 0.423. The normalized spacial score (nSPS) is 11.8. The Bertz CT molecular complexity index is 536. The minimum absolute atomic E-state index is 0.0946. The first kappa shape index (κ1) is 14.7. The van der Waals surface area contributed by atoms with Crippen LogP contribution in [-0.4, -0.2) is 25.1 Å². The van der Waals surface area contributed by atoms with Crippen LogP contribution in [0.2, 0.25) is 0 Å². The summed E-state index contributed by atoms with van der Waals surface area (Å²) in [6, 6.07) is 0. The average Bonchev–Trinajstić information content (AvgIpc) is 2.85. The molecule has 1 N–H and O–H groups in total. The van der Waals surface area contributed by atoms with Gasteiger partial charge in [0.1, 0.15) is 5.82 Å². The summed E-state index contributed by atoms with van der Waals surface area (Å²) in [5, 5.41) is 3.42. The number of aromatic nitrogens is 4. The predicted molar refractivity (Wildman–Crippen MR) is 79.7 cm³/mol. The maximum absolute atomic E-state index is 4.44. The quantitative estimate of drug-likeness (QED) is 0.909. The van der Waals surface area contributed by atoms with Gasteiger partial charge >= 0.3 is 0 Å². The number of hydrogen-bond acceptors (Lipinski definition) is 4. The summed E-state index contributed by atoms with van der Waals surface area (Å²) >= 11 is 0. The van der Waals surface area contributed by atoms with Crippen LogP contribution in [0.15, 0.2) is 24.8 Å². The van der Waals surface area contributed by atoms with Crippen LogP contribution in [0.4, 0.5) is 0 Å². The first-order chi connectivity index (χ1) is 9.49. The van der Waals surface area contributed by atoms with Crippen LogP contribution in [0, 0.1) is 0 Å². The molecule has 5 heteroatoms. The summed E-state index contributed by atoms with van der Waals surface area (Å²) in [5.74, 6) is 1.69. The number of aryl methyl sites for hydroxylation is 1. The third-order valence-electron chi connectivity index (χ3n) is 2.92. The molecule has 20 heavy (non-hydrogen) atoms. The zero-order valence-electron chi connectivity index (χ0n) is 12.7. The molecule has 0 aliphatic heterocycles. The van der Waals surface area contributed by atoms with E-state index in [4.69, 9.17) is 0 Å². The molecule has 2 heterocycles.